The first kappa shape index (κ1) is 17.0. The fourth-order valence-electron chi connectivity index (χ4n) is 3.68. The lowest BCUT2D eigenvalue weighted by molar-refractivity contribution is 0.0325. The maximum absolute atomic E-state index is 13.2. The predicted molar refractivity (Wildman–Crippen MR) is 101 cm³/mol. The van der Waals surface area contributed by atoms with Crippen LogP contribution in [-0.4, -0.2) is 66.1 Å². The molecule has 3 aromatic rings. The molecule has 0 saturated carbocycles. The Kier molecular flexibility index (Phi) is 4.08. The third kappa shape index (κ3) is 2.89. The van der Waals surface area contributed by atoms with Crippen LogP contribution in [0.25, 0.3) is 10.2 Å². The summed E-state index contributed by atoms with van der Waals surface area (Å²) in [7, 11) is -3.61. The van der Waals surface area contributed by atoms with Gasteiger partial charge in [-0.25, -0.2) is 23.4 Å². The van der Waals surface area contributed by atoms with E-state index in [-0.39, 0.29) is 12.1 Å². The van der Waals surface area contributed by atoms with E-state index in [1.165, 1.54) is 15.6 Å². The van der Waals surface area contributed by atoms with E-state index < -0.39 is 10.0 Å². The summed E-state index contributed by atoms with van der Waals surface area (Å²) < 4.78 is 34.6. The monoisotopic (exact) mass is 403 g/mol. The van der Waals surface area contributed by atoms with Gasteiger partial charge in [-0.05, 0) is 24.3 Å². The highest BCUT2D eigenvalue weighted by Crippen LogP contribution is 2.31. The number of hydrogen-bond donors (Lipinski definition) is 0. The first-order valence-corrected chi connectivity index (χ1v) is 10.9. The van der Waals surface area contributed by atoms with Gasteiger partial charge in [-0.1, -0.05) is 0 Å². The van der Waals surface area contributed by atoms with Crippen LogP contribution in [0.4, 0.5) is 5.95 Å². The van der Waals surface area contributed by atoms with Crippen molar-refractivity contribution >= 4 is 37.5 Å². The summed E-state index contributed by atoms with van der Waals surface area (Å²) in [6.45, 7) is 1.86. The lowest BCUT2D eigenvalue weighted by Crippen LogP contribution is -2.51. The van der Waals surface area contributed by atoms with Gasteiger partial charge >= 0.3 is 0 Å². The zero-order valence-electron chi connectivity index (χ0n) is 14.3. The molecule has 2 fully saturated rings. The van der Waals surface area contributed by atoms with Crippen molar-refractivity contribution in [3.8, 4) is 0 Å². The van der Waals surface area contributed by atoms with Gasteiger partial charge in [-0.15, -0.1) is 11.3 Å². The second kappa shape index (κ2) is 6.48. The largest absolute Gasteiger partial charge is 0.373 e. The number of sulfonamides is 1. The van der Waals surface area contributed by atoms with E-state index in [0.717, 1.165) is 10.2 Å². The third-order valence-electron chi connectivity index (χ3n) is 5.02. The van der Waals surface area contributed by atoms with Crippen molar-refractivity contribution in [2.45, 2.75) is 17.0 Å². The van der Waals surface area contributed by atoms with Crippen LogP contribution in [0.3, 0.4) is 0 Å². The SMILES string of the molecule is O=S(=O)(c1ccc2ncsc2c1)N1C[C@@H]2OCCN(c3ncccn3)[C@H]2C1. The number of anilines is 1. The van der Waals surface area contributed by atoms with Crippen LogP contribution in [-0.2, 0) is 14.8 Å². The molecule has 10 heteroatoms. The van der Waals surface area contributed by atoms with Crippen LogP contribution < -0.4 is 4.90 Å². The summed E-state index contributed by atoms with van der Waals surface area (Å²) in [6, 6.07) is 6.75. The number of fused-ring (bicyclic) bond motifs is 2. The minimum atomic E-state index is -3.61. The van der Waals surface area contributed by atoms with Crippen molar-refractivity contribution in [1.29, 1.82) is 0 Å². The average molecular weight is 403 g/mol. The van der Waals surface area contributed by atoms with Crippen molar-refractivity contribution in [3.63, 3.8) is 0 Å². The van der Waals surface area contributed by atoms with Gasteiger partial charge in [0.1, 0.15) is 0 Å². The Morgan fingerprint density at radius 3 is 2.85 bits per heavy atom. The van der Waals surface area contributed by atoms with Crippen LogP contribution in [0.2, 0.25) is 0 Å². The number of ether oxygens (including phenoxy) is 1. The summed E-state index contributed by atoms with van der Waals surface area (Å²) in [5.41, 5.74) is 2.53. The minimum absolute atomic E-state index is 0.0944. The molecule has 0 bridgehead atoms. The molecule has 4 heterocycles. The highest BCUT2D eigenvalue weighted by Gasteiger charge is 2.45. The van der Waals surface area contributed by atoms with Crippen LogP contribution in [0.5, 0.6) is 0 Å². The van der Waals surface area contributed by atoms with Crippen molar-refractivity contribution < 1.29 is 13.2 Å². The molecule has 0 N–H and O–H groups in total. The fraction of sp³-hybridized carbons (Fsp3) is 0.353. The van der Waals surface area contributed by atoms with E-state index in [2.05, 4.69) is 19.9 Å². The Morgan fingerprint density at radius 1 is 1.15 bits per heavy atom. The molecule has 140 valence electrons. The Bertz CT molecular complexity index is 1070. The second-order valence-electron chi connectivity index (χ2n) is 6.52. The molecule has 1 aromatic carbocycles. The first-order valence-electron chi connectivity index (χ1n) is 8.61. The number of thiazole rings is 1. The highest BCUT2D eigenvalue weighted by molar-refractivity contribution is 7.89. The molecule has 0 amide bonds. The lowest BCUT2D eigenvalue weighted by Gasteiger charge is -2.36. The number of benzene rings is 1. The molecule has 0 aliphatic carbocycles. The molecule has 0 spiro atoms. The van der Waals surface area contributed by atoms with Gasteiger partial charge in [-0.3, -0.25) is 0 Å². The molecule has 0 radical (unpaired) electrons. The van der Waals surface area contributed by atoms with E-state index >= 15 is 0 Å². The number of morpholine rings is 1. The Balaban J connectivity index is 1.44. The van der Waals surface area contributed by atoms with E-state index in [9.17, 15) is 8.42 Å². The highest BCUT2D eigenvalue weighted by atomic mass is 32.2. The van der Waals surface area contributed by atoms with Crippen molar-refractivity contribution in [2.24, 2.45) is 0 Å². The van der Waals surface area contributed by atoms with E-state index in [1.54, 1.807) is 42.2 Å². The topological polar surface area (TPSA) is 88.5 Å². The van der Waals surface area contributed by atoms with Gasteiger partial charge in [-0.2, -0.15) is 4.31 Å². The summed E-state index contributed by atoms with van der Waals surface area (Å²) >= 11 is 1.43. The quantitative estimate of drug-likeness (QED) is 0.652. The predicted octanol–water partition coefficient (Wildman–Crippen LogP) is 1.36. The van der Waals surface area contributed by atoms with Crippen LogP contribution in [0.1, 0.15) is 0 Å². The van der Waals surface area contributed by atoms with Crippen molar-refractivity contribution in [2.75, 3.05) is 31.1 Å². The van der Waals surface area contributed by atoms with E-state index in [1.807, 2.05) is 0 Å². The fourth-order valence-corrected chi connectivity index (χ4v) is 5.97. The second-order valence-corrected chi connectivity index (χ2v) is 9.35. The molecule has 2 saturated heterocycles. The molecular formula is C17H17N5O3S2. The zero-order valence-corrected chi connectivity index (χ0v) is 15.9. The average Bonchev–Trinajstić information content (AvgIpc) is 3.34. The van der Waals surface area contributed by atoms with Crippen molar-refractivity contribution in [1.82, 2.24) is 19.3 Å². The zero-order chi connectivity index (χ0) is 18.4. The molecule has 2 aromatic heterocycles. The molecule has 2 aliphatic rings. The maximum atomic E-state index is 13.2. The summed E-state index contributed by atoms with van der Waals surface area (Å²) in [5, 5.41) is 0. The first-order chi connectivity index (χ1) is 13.1. The normalized spacial score (nSPS) is 23.6. The minimum Gasteiger partial charge on any atom is -0.373 e. The summed E-state index contributed by atoms with van der Waals surface area (Å²) in [6.07, 6.45) is 3.20. The molecule has 2 aliphatic heterocycles. The van der Waals surface area contributed by atoms with E-state index in [4.69, 9.17) is 4.74 Å². The molecule has 8 nitrogen and oxygen atoms in total. The van der Waals surface area contributed by atoms with Gasteiger partial charge in [0.25, 0.3) is 0 Å². The van der Waals surface area contributed by atoms with Crippen molar-refractivity contribution in [3.05, 3.63) is 42.2 Å². The van der Waals surface area contributed by atoms with Gasteiger partial charge < -0.3 is 9.64 Å². The van der Waals surface area contributed by atoms with Crippen LogP contribution >= 0.6 is 11.3 Å². The van der Waals surface area contributed by atoms with Crippen LogP contribution in [0.15, 0.2) is 47.1 Å². The number of rotatable bonds is 3. The molecule has 5 rings (SSSR count). The Hall–Kier alpha value is -2.14. The maximum Gasteiger partial charge on any atom is 0.243 e. The van der Waals surface area contributed by atoms with Crippen LogP contribution in [0, 0.1) is 0 Å². The van der Waals surface area contributed by atoms with Gasteiger partial charge in [0.15, 0.2) is 0 Å². The number of nitrogens with zero attached hydrogens (tertiary/aromatic N) is 5. The standard InChI is InChI=1S/C17H17N5O3S2/c23-27(24,12-2-3-13-16(8-12)26-11-20-13)21-9-14-15(10-21)25-7-6-22(14)17-18-4-1-5-19-17/h1-5,8,11,14-15H,6-7,9-10H2/t14-,15-/m0/s1. The summed E-state index contributed by atoms with van der Waals surface area (Å²) in [5.74, 6) is 0.612. The molecule has 2 atom stereocenters. The summed E-state index contributed by atoms with van der Waals surface area (Å²) in [4.78, 5) is 15.2. The number of hydrogen-bond acceptors (Lipinski definition) is 8. The van der Waals surface area contributed by atoms with E-state index in [0.29, 0.717) is 37.1 Å². The molecular weight excluding hydrogens is 386 g/mol. The van der Waals surface area contributed by atoms with Gasteiger partial charge in [0.2, 0.25) is 16.0 Å². The molecule has 27 heavy (non-hydrogen) atoms. The third-order valence-corrected chi connectivity index (χ3v) is 7.64. The lowest BCUT2D eigenvalue weighted by atomic mass is 10.1. The van der Waals surface area contributed by atoms with Gasteiger partial charge in [0.05, 0.1) is 39.4 Å². The Labute approximate surface area is 160 Å². The smallest absolute Gasteiger partial charge is 0.243 e. The Morgan fingerprint density at radius 2 is 2.00 bits per heavy atom. The van der Waals surface area contributed by atoms with Gasteiger partial charge in [0, 0.05) is 32.0 Å². The molecule has 0 unspecified atom stereocenters. The number of aromatic nitrogens is 3.